The lowest BCUT2D eigenvalue weighted by Crippen LogP contribution is -2.26. The van der Waals surface area contributed by atoms with E-state index in [0.717, 1.165) is 12.1 Å². The molecule has 0 amide bonds. The van der Waals surface area contributed by atoms with Crippen LogP contribution in [-0.2, 0) is 0 Å². The number of anilines is 1. The zero-order valence-electron chi connectivity index (χ0n) is 10.7. The Kier molecular flexibility index (Phi) is 4.46. The number of nitrogens with zero attached hydrogens (tertiary/aromatic N) is 1. The highest BCUT2D eigenvalue weighted by Crippen LogP contribution is 2.33. The SMILES string of the molecule is CCCCN(c1ccc(C(N)=S)c(Cl)c1)C1CC1. The molecule has 4 heteroatoms. The van der Waals surface area contributed by atoms with Crippen LogP contribution in [0.5, 0.6) is 0 Å². The number of benzene rings is 1. The molecule has 0 unspecified atom stereocenters. The van der Waals surface area contributed by atoms with Crippen LogP contribution in [0.25, 0.3) is 0 Å². The van der Waals surface area contributed by atoms with E-state index in [1.165, 1.54) is 31.4 Å². The van der Waals surface area contributed by atoms with E-state index < -0.39 is 0 Å². The van der Waals surface area contributed by atoms with Crippen molar-refractivity contribution in [3.8, 4) is 0 Å². The molecule has 0 radical (unpaired) electrons. The van der Waals surface area contributed by atoms with Crippen LogP contribution < -0.4 is 10.6 Å². The lowest BCUT2D eigenvalue weighted by molar-refractivity contribution is 0.713. The monoisotopic (exact) mass is 282 g/mol. The molecule has 0 bridgehead atoms. The number of rotatable bonds is 6. The highest BCUT2D eigenvalue weighted by molar-refractivity contribution is 7.80. The first-order valence-corrected chi connectivity index (χ1v) is 7.28. The van der Waals surface area contributed by atoms with Gasteiger partial charge >= 0.3 is 0 Å². The molecule has 18 heavy (non-hydrogen) atoms. The van der Waals surface area contributed by atoms with Crippen molar-refractivity contribution in [1.82, 2.24) is 0 Å². The maximum atomic E-state index is 6.23. The second kappa shape index (κ2) is 5.89. The molecular weight excluding hydrogens is 264 g/mol. The third kappa shape index (κ3) is 3.15. The van der Waals surface area contributed by atoms with E-state index in [2.05, 4.69) is 17.9 Å². The predicted octanol–water partition coefficient (Wildman–Crippen LogP) is 3.74. The van der Waals surface area contributed by atoms with Crippen molar-refractivity contribution >= 4 is 34.5 Å². The van der Waals surface area contributed by atoms with E-state index in [1.54, 1.807) is 0 Å². The molecule has 1 aromatic carbocycles. The smallest absolute Gasteiger partial charge is 0.105 e. The summed E-state index contributed by atoms with van der Waals surface area (Å²) in [7, 11) is 0. The van der Waals surface area contributed by atoms with Crippen LogP contribution in [0.3, 0.4) is 0 Å². The van der Waals surface area contributed by atoms with Crippen LogP contribution in [0.1, 0.15) is 38.2 Å². The van der Waals surface area contributed by atoms with Crippen molar-refractivity contribution < 1.29 is 0 Å². The van der Waals surface area contributed by atoms with Gasteiger partial charge in [-0.1, -0.05) is 37.2 Å². The molecule has 1 fully saturated rings. The molecule has 1 saturated carbocycles. The zero-order chi connectivity index (χ0) is 13.1. The highest BCUT2D eigenvalue weighted by atomic mass is 35.5. The lowest BCUT2D eigenvalue weighted by Gasteiger charge is -2.25. The minimum atomic E-state index is 0.359. The Balaban J connectivity index is 2.19. The maximum Gasteiger partial charge on any atom is 0.105 e. The molecule has 1 aliphatic rings. The normalized spacial score (nSPS) is 14.6. The van der Waals surface area contributed by atoms with Crippen molar-refractivity contribution in [2.24, 2.45) is 5.73 Å². The fourth-order valence-electron chi connectivity index (χ4n) is 2.12. The Labute approximate surface area is 119 Å². The molecule has 0 saturated heterocycles. The van der Waals surface area contributed by atoms with Gasteiger partial charge < -0.3 is 10.6 Å². The number of hydrogen-bond acceptors (Lipinski definition) is 2. The van der Waals surface area contributed by atoms with Gasteiger partial charge in [-0.25, -0.2) is 0 Å². The van der Waals surface area contributed by atoms with Crippen molar-refractivity contribution in [3.63, 3.8) is 0 Å². The van der Waals surface area contributed by atoms with Crippen molar-refractivity contribution in [1.29, 1.82) is 0 Å². The van der Waals surface area contributed by atoms with Gasteiger partial charge in [-0.05, 0) is 37.5 Å². The average Bonchev–Trinajstić information content (AvgIpc) is 3.13. The standard InChI is InChI=1S/C14H19ClN2S/c1-2-3-8-17(10-4-5-10)11-6-7-12(14(16)18)13(15)9-11/h6-7,9-10H,2-5,8H2,1H3,(H2,16,18). The molecule has 0 spiro atoms. The van der Waals surface area contributed by atoms with Crippen LogP contribution in [0.4, 0.5) is 5.69 Å². The van der Waals surface area contributed by atoms with Gasteiger partial charge in [0, 0.05) is 23.8 Å². The Morgan fingerprint density at radius 3 is 2.72 bits per heavy atom. The van der Waals surface area contributed by atoms with Gasteiger partial charge in [-0.15, -0.1) is 0 Å². The summed E-state index contributed by atoms with van der Waals surface area (Å²) in [5.74, 6) is 0. The Hall–Kier alpha value is -0.800. The van der Waals surface area contributed by atoms with Crippen LogP contribution >= 0.6 is 23.8 Å². The summed E-state index contributed by atoms with van der Waals surface area (Å²) in [4.78, 5) is 2.82. The molecule has 2 nitrogen and oxygen atoms in total. The highest BCUT2D eigenvalue weighted by Gasteiger charge is 2.29. The molecular formula is C14H19ClN2S. The molecule has 2 N–H and O–H groups in total. The molecule has 0 heterocycles. The number of unbranched alkanes of at least 4 members (excludes halogenated alkanes) is 1. The van der Waals surface area contributed by atoms with Gasteiger partial charge in [0.15, 0.2) is 0 Å². The van der Waals surface area contributed by atoms with Crippen LogP contribution in [0.2, 0.25) is 5.02 Å². The van der Waals surface area contributed by atoms with Gasteiger partial charge in [0.1, 0.15) is 4.99 Å². The van der Waals surface area contributed by atoms with E-state index in [1.807, 2.05) is 12.1 Å². The summed E-state index contributed by atoms with van der Waals surface area (Å²) < 4.78 is 0. The third-order valence-corrected chi connectivity index (χ3v) is 3.82. The second-order valence-electron chi connectivity index (χ2n) is 4.81. The summed E-state index contributed by atoms with van der Waals surface area (Å²) >= 11 is 11.2. The van der Waals surface area contributed by atoms with Crippen molar-refractivity contribution in [2.75, 3.05) is 11.4 Å². The Morgan fingerprint density at radius 1 is 1.50 bits per heavy atom. The summed E-state index contributed by atoms with van der Waals surface area (Å²) in [6, 6.07) is 6.70. The van der Waals surface area contributed by atoms with Gasteiger partial charge in [0.2, 0.25) is 0 Å². The fourth-order valence-corrected chi connectivity index (χ4v) is 2.63. The van der Waals surface area contributed by atoms with Crippen molar-refractivity contribution in [2.45, 2.75) is 38.6 Å². The predicted molar refractivity (Wildman–Crippen MR) is 82.6 cm³/mol. The number of nitrogens with two attached hydrogens (primary N) is 1. The maximum absolute atomic E-state index is 6.23. The average molecular weight is 283 g/mol. The molecule has 0 aliphatic heterocycles. The molecule has 1 aliphatic carbocycles. The van der Waals surface area contributed by atoms with E-state index in [0.29, 0.717) is 16.1 Å². The van der Waals surface area contributed by atoms with Crippen LogP contribution in [-0.4, -0.2) is 17.6 Å². The summed E-state index contributed by atoms with van der Waals surface area (Å²) in [5.41, 5.74) is 7.58. The van der Waals surface area contributed by atoms with E-state index in [4.69, 9.17) is 29.6 Å². The molecule has 2 rings (SSSR count). The van der Waals surface area contributed by atoms with Gasteiger partial charge in [-0.3, -0.25) is 0 Å². The van der Waals surface area contributed by atoms with E-state index in [9.17, 15) is 0 Å². The third-order valence-electron chi connectivity index (χ3n) is 3.29. The topological polar surface area (TPSA) is 29.3 Å². The van der Waals surface area contributed by atoms with Crippen LogP contribution in [0, 0.1) is 0 Å². The largest absolute Gasteiger partial charge is 0.389 e. The first kappa shape index (κ1) is 13.6. The second-order valence-corrected chi connectivity index (χ2v) is 5.65. The zero-order valence-corrected chi connectivity index (χ0v) is 12.2. The Morgan fingerprint density at radius 2 is 2.22 bits per heavy atom. The van der Waals surface area contributed by atoms with Crippen molar-refractivity contribution in [3.05, 3.63) is 28.8 Å². The molecule has 98 valence electrons. The first-order chi connectivity index (χ1) is 8.63. The number of halogens is 1. The molecule has 1 aromatic rings. The van der Waals surface area contributed by atoms with Gasteiger partial charge in [-0.2, -0.15) is 0 Å². The minimum Gasteiger partial charge on any atom is -0.389 e. The van der Waals surface area contributed by atoms with Crippen LogP contribution in [0.15, 0.2) is 18.2 Å². The summed E-state index contributed by atoms with van der Waals surface area (Å²) in [6.07, 6.45) is 5.00. The number of hydrogen-bond donors (Lipinski definition) is 1. The molecule has 0 aromatic heterocycles. The van der Waals surface area contributed by atoms with E-state index in [-0.39, 0.29) is 0 Å². The minimum absolute atomic E-state index is 0.359. The lowest BCUT2D eigenvalue weighted by atomic mass is 10.1. The quantitative estimate of drug-likeness (QED) is 0.806. The molecule has 0 atom stereocenters. The number of thiocarbonyl (C=S) groups is 1. The summed E-state index contributed by atoms with van der Waals surface area (Å²) in [5, 5.41) is 0.655. The van der Waals surface area contributed by atoms with Gasteiger partial charge in [0.25, 0.3) is 0 Å². The first-order valence-electron chi connectivity index (χ1n) is 6.49. The van der Waals surface area contributed by atoms with E-state index >= 15 is 0 Å². The fraction of sp³-hybridized carbons (Fsp3) is 0.500. The summed E-state index contributed by atoms with van der Waals surface area (Å²) in [6.45, 7) is 3.32. The van der Waals surface area contributed by atoms with Gasteiger partial charge in [0.05, 0.1) is 5.02 Å². The Bertz CT molecular complexity index is 443.